The van der Waals surface area contributed by atoms with Gasteiger partial charge in [-0.15, -0.1) is 0 Å². The number of aromatic nitrogens is 2. The molecule has 3 rings (SSSR count). The maximum absolute atomic E-state index is 10.7. The Morgan fingerprint density at radius 3 is 2.82 bits per heavy atom. The van der Waals surface area contributed by atoms with Crippen LogP contribution in [-0.2, 0) is 19.9 Å². The number of rotatable bonds is 2. The minimum Gasteiger partial charge on any atom is -0.296 e. The highest BCUT2D eigenvalue weighted by Crippen LogP contribution is 2.28. The van der Waals surface area contributed by atoms with Crippen molar-refractivity contribution in [1.82, 2.24) is 9.78 Å². The molecule has 0 amide bonds. The van der Waals surface area contributed by atoms with E-state index in [9.17, 15) is 4.79 Å². The molecule has 0 saturated carbocycles. The van der Waals surface area contributed by atoms with E-state index >= 15 is 0 Å². The SMILES string of the molecule is Cn1nc(C=O)cc1-c1ccc2c(c1)CCC2. The van der Waals surface area contributed by atoms with E-state index in [2.05, 4.69) is 23.3 Å². The predicted molar refractivity (Wildman–Crippen MR) is 66.1 cm³/mol. The van der Waals surface area contributed by atoms with E-state index < -0.39 is 0 Å². The summed E-state index contributed by atoms with van der Waals surface area (Å²) in [5.41, 5.74) is 5.54. The number of fused-ring (bicyclic) bond motifs is 1. The molecule has 1 heterocycles. The van der Waals surface area contributed by atoms with E-state index in [0.29, 0.717) is 5.69 Å². The van der Waals surface area contributed by atoms with E-state index in [4.69, 9.17) is 0 Å². The number of benzene rings is 1. The molecule has 0 unspecified atom stereocenters. The normalized spacial score (nSPS) is 13.7. The lowest BCUT2D eigenvalue weighted by Gasteiger charge is -2.05. The Kier molecular flexibility index (Phi) is 2.32. The zero-order valence-electron chi connectivity index (χ0n) is 9.81. The topological polar surface area (TPSA) is 34.9 Å². The molecule has 1 aromatic heterocycles. The first-order valence-electron chi connectivity index (χ1n) is 5.89. The number of hydrogen-bond donors (Lipinski definition) is 0. The third-order valence-corrected chi connectivity index (χ3v) is 3.41. The van der Waals surface area contributed by atoms with Crippen molar-refractivity contribution in [2.45, 2.75) is 19.3 Å². The molecule has 1 aliphatic carbocycles. The Morgan fingerprint density at radius 1 is 1.24 bits per heavy atom. The maximum atomic E-state index is 10.7. The lowest BCUT2D eigenvalue weighted by molar-refractivity contribution is 0.111. The number of hydrogen-bond acceptors (Lipinski definition) is 2. The second-order valence-electron chi connectivity index (χ2n) is 4.53. The Labute approximate surface area is 100 Å². The van der Waals surface area contributed by atoms with Crippen LogP contribution in [0.5, 0.6) is 0 Å². The zero-order valence-corrected chi connectivity index (χ0v) is 9.81. The molecule has 17 heavy (non-hydrogen) atoms. The van der Waals surface area contributed by atoms with Gasteiger partial charge in [0.15, 0.2) is 6.29 Å². The Hall–Kier alpha value is -1.90. The molecule has 0 saturated heterocycles. The Bertz CT molecular complexity index is 584. The van der Waals surface area contributed by atoms with Gasteiger partial charge in [0.1, 0.15) is 5.69 Å². The fourth-order valence-electron chi connectivity index (χ4n) is 2.55. The first-order chi connectivity index (χ1) is 8.28. The predicted octanol–water partition coefficient (Wildman–Crippen LogP) is 2.39. The highest BCUT2D eigenvalue weighted by atomic mass is 16.1. The van der Waals surface area contributed by atoms with Crippen molar-refractivity contribution in [3.05, 3.63) is 41.1 Å². The van der Waals surface area contributed by atoms with Crippen molar-refractivity contribution in [2.75, 3.05) is 0 Å². The smallest absolute Gasteiger partial charge is 0.170 e. The van der Waals surface area contributed by atoms with Crippen molar-refractivity contribution in [3.63, 3.8) is 0 Å². The molecule has 0 N–H and O–H groups in total. The van der Waals surface area contributed by atoms with Crippen LogP contribution in [0.15, 0.2) is 24.3 Å². The van der Waals surface area contributed by atoms with Gasteiger partial charge in [-0.25, -0.2) is 0 Å². The first kappa shape index (κ1) is 10.3. The molecular weight excluding hydrogens is 212 g/mol. The summed E-state index contributed by atoms with van der Waals surface area (Å²) in [6, 6.07) is 8.39. The van der Waals surface area contributed by atoms with Gasteiger partial charge < -0.3 is 0 Å². The van der Waals surface area contributed by atoms with Gasteiger partial charge in [-0.1, -0.05) is 12.1 Å². The monoisotopic (exact) mass is 226 g/mol. The minimum absolute atomic E-state index is 0.489. The summed E-state index contributed by atoms with van der Waals surface area (Å²) in [4.78, 5) is 10.7. The molecule has 0 atom stereocenters. The highest BCUT2D eigenvalue weighted by molar-refractivity contribution is 5.75. The van der Waals surface area contributed by atoms with Gasteiger partial charge in [0.25, 0.3) is 0 Å². The molecule has 1 aliphatic rings. The van der Waals surface area contributed by atoms with Crippen LogP contribution in [0.25, 0.3) is 11.3 Å². The summed E-state index contributed by atoms with van der Waals surface area (Å²) in [7, 11) is 1.87. The largest absolute Gasteiger partial charge is 0.296 e. The second kappa shape index (κ2) is 3.84. The summed E-state index contributed by atoms with van der Waals surface area (Å²) < 4.78 is 1.76. The molecule has 3 nitrogen and oxygen atoms in total. The van der Waals surface area contributed by atoms with Crippen LogP contribution in [0.4, 0.5) is 0 Å². The van der Waals surface area contributed by atoms with Crippen molar-refractivity contribution < 1.29 is 4.79 Å². The van der Waals surface area contributed by atoms with Gasteiger partial charge >= 0.3 is 0 Å². The van der Waals surface area contributed by atoms with E-state index in [-0.39, 0.29) is 0 Å². The number of carbonyl (C=O) groups excluding carboxylic acids is 1. The molecule has 0 fully saturated rings. The van der Waals surface area contributed by atoms with Gasteiger partial charge in [-0.3, -0.25) is 9.48 Å². The van der Waals surface area contributed by atoms with Crippen molar-refractivity contribution >= 4 is 6.29 Å². The summed E-state index contributed by atoms with van der Waals surface area (Å²) in [5, 5.41) is 4.15. The van der Waals surface area contributed by atoms with Crippen LogP contribution in [0.1, 0.15) is 28.0 Å². The first-order valence-corrected chi connectivity index (χ1v) is 5.89. The Morgan fingerprint density at radius 2 is 2.06 bits per heavy atom. The molecule has 3 heteroatoms. The lowest BCUT2D eigenvalue weighted by atomic mass is 10.0. The van der Waals surface area contributed by atoms with Crippen molar-refractivity contribution in [2.24, 2.45) is 7.05 Å². The molecule has 0 spiro atoms. The third kappa shape index (κ3) is 1.68. The van der Waals surface area contributed by atoms with Crippen LogP contribution < -0.4 is 0 Å². The summed E-state index contributed by atoms with van der Waals surface area (Å²) in [6.45, 7) is 0. The number of carbonyl (C=O) groups is 1. The third-order valence-electron chi connectivity index (χ3n) is 3.41. The fourth-order valence-corrected chi connectivity index (χ4v) is 2.55. The molecular formula is C14H14N2O. The minimum atomic E-state index is 0.489. The zero-order chi connectivity index (χ0) is 11.8. The summed E-state index contributed by atoms with van der Waals surface area (Å²) in [5.74, 6) is 0. The summed E-state index contributed by atoms with van der Waals surface area (Å²) >= 11 is 0. The van der Waals surface area contributed by atoms with Gasteiger partial charge in [0.05, 0.1) is 5.69 Å². The standard InChI is InChI=1S/C14H14N2O/c1-16-14(8-13(9-17)15-16)12-6-5-10-3-2-4-11(10)7-12/h5-9H,2-4H2,1H3. The highest BCUT2D eigenvalue weighted by Gasteiger charge is 2.13. The van der Waals surface area contributed by atoms with Crippen molar-refractivity contribution in [1.29, 1.82) is 0 Å². The van der Waals surface area contributed by atoms with E-state index in [1.165, 1.54) is 30.4 Å². The van der Waals surface area contributed by atoms with Gasteiger partial charge in [-0.05, 0) is 42.5 Å². The van der Waals surface area contributed by atoms with Crippen LogP contribution >= 0.6 is 0 Å². The van der Waals surface area contributed by atoms with Crippen molar-refractivity contribution in [3.8, 4) is 11.3 Å². The second-order valence-corrected chi connectivity index (χ2v) is 4.53. The van der Waals surface area contributed by atoms with E-state index in [0.717, 1.165) is 17.5 Å². The number of aryl methyl sites for hydroxylation is 3. The lowest BCUT2D eigenvalue weighted by Crippen LogP contribution is -1.95. The van der Waals surface area contributed by atoms with Crippen LogP contribution in [-0.4, -0.2) is 16.1 Å². The van der Waals surface area contributed by atoms with Crippen LogP contribution in [0.3, 0.4) is 0 Å². The van der Waals surface area contributed by atoms with Crippen LogP contribution in [0, 0.1) is 0 Å². The van der Waals surface area contributed by atoms with E-state index in [1.807, 2.05) is 13.1 Å². The van der Waals surface area contributed by atoms with Crippen LogP contribution in [0.2, 0.25) is 0 Å². The maximum Gasteiger partial charge on any atom is 0.170 e. The molecule has 0 radical (unpaired) electrons. The summed E-state index contributed by atoms with van der Waals surface area (Å²) in [6.07, 6.45) is 4.41. The molecule has 1 aromatic carbocycles. The molecule has 2 aromatic rings. The fraction of sp³-hybridized carbons (Fsp3) is 0.286. The average molecular weight is 226 g/mol. The Balaban J connectivity index is 2.08. The average Bonchev–Trinajstić information content (AvgIpc) is 2.93. The van der Waals surface area contributed by atoms with Gasteiger partial charge in [-0.2, -0.15) is 5.10 Å². The molecule has 0 aliphatic heterocycles. The van der Waals surface area contributed by atoms with E-state index in [1.54, 1.807) is 4.68 Å². The van der Waals surface area contributed by atoms with Gasteiger partial charge in [0.2, 0.25) is 0 Å². The molecule has 86 valence electrons. The number of nitrogens with zero attached hydrogens (tertiary/aromatic N) is 2. The van der Waals surface area contributed by atoms with Gasteiger partial charge in [0, 0.05) is 12.6 Å². The number of aldehydes is 1. The quantitative estimate of drug-likeness (QED) is 0.737. The molecule has 0 bridgehead atoms.